The lowest BCUT2D eigenvalue weighted by Crippen LogP contribution is -2.44. The summed E-state index contributed by atoms with van der Waals surface area (Å²) in [4.78, 5) is 9.76. The van der Waals surface area contributed by atoms with Crippen LogP contribution in [0.1, 0.15) is 24.8 Å². The van der Waals surface area contributed by atoms with Crippen LogP contribution in [0.4, 0.5) is 0 Å². The van der Waals surface area contributed by atoms with Gasteiger partial charge in [0.25, 0.3) is 6.47 Å². The van der Waals surface area contributed by atoms with Crippen LogP contribution in [0.15, 0.2) is 43.0 Å². The molecule has 134 valence electrons. The molecule has 3 N–H and O–H groups in total. The standard InChI is InChI=1S/C11H22N2O.C8H8O2/c1-2-6-13-11(5-8-14)10-4-3-7-12-9-10;9-7-10-6-8-4-2-1-3-5-8/h2,10-14H,1,3-9H2;1-5,7H,6H2/t10-,11?;/m1./s1. The van der Waals surface area contributed by atoms with Crippen LogP contribution in [0.2, 0.25) is 0 Å². The molecular weight excluding hydrogens is 304 g/mol. The third-order valence-corrected chi connectivity index (χ3v) is 4.03. The van der Waals surface area contributed by atoms with E-state index in [0.29, 0.717) is 25.0 Å². The summed E-state index contributed by atoms with van der Waals surface area (Å²) in [6.45, 7) is 7.84. The highest BCUT2D eigenvalue weighted by molar-refractivity contribution is 5.37. The minimum absolute atomic E-state index is 0.269. The zero-order valence-corrected chi connectivity index (χ0v) is 14.3. The first-order chi connectivity index (χ1) is 11.8. The maximum Gasteiger partial charge on any atom is 0.293 e. The number of carbonyl (C=O) groups excluding carboxylic acids is 1. The highest BCUT2D eigenvalue weighted by Gasteiger charge is 2.21. The van der Waals surface area contributed by atoms with Gasteiger partial charge in [-0.3, -0.25) is 4.79 Å². The summed E-state index contributed by atoms with van der Waals surface area (Å²) < 4.78 is 4.54. The van der Waals surface area contributed by atoms with Crippen molar-refractivity contribution in [3.8, 4) is 0 Å². The molecule has 5 nitrogen and oxygen atoms in total. The van der Waals surface area contributed by atoms with E-state index in [1.54, 1.807) is 0 Å². The molecule has 0 aromatic heterocycles. The molecule has 1 saturated heterocycles. The molecule has 0 saturated carbocycles. The largest absolute Gasteiger partial charge is 0.463 e. The van der Waals surface area contributed by atoms with Crippen LogP contribution in [0.3, 0.4) is 0 Å². The van der Waals surface area contributed by atoms with Crippen molar-refractivity contribution >= 4 is 6.47 Å². The van der Waals surface area contributed by atoms with Gasteiger partial charge in [-0.1, -0.05) is 36.4 Å². The first-order valence-corrected chi connectivity index (χ1v) is 8.56. The Hall–Kier alpha value is -1.69. The summed E-state index contributed by atoms with van der Waals surface area (Å²) in [6, 6.07) is 9.98. The number of benzene rings is 1. The fourth-order valence-electron chi connectivity index (χ4n) is 2.80. The van der Waals surface area contributed by atoms with Gasteiger partial charge in [-0.15, -0.1) is 6.58 Å². The molecule has 1 aromatic carbocycles. The number of piperidine rings is 1. The van der Waals surface area contributed by atoms with Crippen LogP contribution in [0, 0.1) is 5.92 Å². The van der Waals surface area contributed by atoms with Gasteiger partial charge in [0.1, 0.15) is 6.61 Å². The molecule has 0 spiro atoms. The van der Waals surface area contributed by atoms with Crippen molar-refractivity contribution in [3.05, 3.63) is 48.6 Å². The topological polar surface area (TPSA) is 70.6 Å². The fourth-order valence-corrected chi connectivity index (χ4v) is 2.80. The second kappa shape index (κ2) is 13.7. The van der Waals surface area contributed by atoms with Gasteiger partial charge in [0.15, 0.2) is 0 Å². The molecule has 24 heavy (non-hydrogen) atoms. The molecule has 5 heteroatoms. The highest BCUT2D eigenvalue weighted by atomic mass is 16.5. The van der Waals surface area contributed by atoms with Crippen molar-refractivity contribution in [2.75, 3.05) is 26.2 Å². The molecule has 0 radical (unpaired) electrons. The maximum atomic E-state index is 9.76. The molecule has 0 bridgehead atoms. The molecule has 2 atom stereocenters. The molecule has 2 rings (SSSR count). The average Bonchev–Trinajstić information content (AvgIpc) is 2.65. The maximum absolute atomic E-state index is 9.76. The zero-order valence-electron chi connectivity index (χ0n) is 14.3. The van der Waals surface area contributed by atoms with E-state index in [1.165, 1.54) is 12.8 Å². The van der Waals surface area contributed by atoms with Gasteiger partial charge in [0, 0.05) is 19.2 Å². The van der Waals surface area contributed by atoms with Crippen molar-refractivity contribution in [2.45, 2.75) is 31.9 Å². The van der Waals surface area contributed by atoms with E-state index in [2.05, 4.69) is 21.9 Å². The number of ether oxygens (including phenoxy) is 1. The first-order valence-electron chi connectivity index (χ1n) is 8.56. The molecule has 0 amide bonds. The molecule has 1 aromatic rings. The van der Waals surface area contributed by atoms with Gasteiger partial charge in [0.2, 0.25) is 0 Å². The monoisotopic (exact) mass is 334 g/mol. The van der Waals surface area contributed by atoms with Crippen LogP contribution in [-0.4, -0.2) is 43.9 Å². The summed E-state index contributed by atoms with van der Waals surface area (Å²) in [5, 5.41) is 15.8. The predicted octanol–water partition coefficient (Wildman–Crippen LogP) is 1.87. The van der Waals surface area contributed by atoms with Gasteiger partial charge in [-0.05, 0) is 43.8 Å². The molecule has 1 heterocycles. The summed E-state index contributed by atoms with van der Waals surface area (Å²) in [5.74, 6) is 0.663. The van der Waals surface area contributed by atoms with Gasteiger partial charge in [-0.25, -0.2) is 0 Å². The van der Waals surface area contributed by atoms with Crippen molar-refractivity contribution in [1.29, 1.82) is 0 Å². The number of carbonyl (C=O) groups is 1. The van der Waals surface area contributed by atoms with E-state index in [0.717, 1.165) is 31.6 Å². The Bertz CT molecular complexity index is 433. The van der Waals surface area contributed by atoms with E-state index >= 15 is 0 Å². The average molecular weight is 334 g/mol. The number of hydrogen-bond acceptors (Lipinski definition) is 5. The fraction of sp³-hybridized carbons (Fsp3) is 0.526. The van der Waals surface area contributed by atoms with E-state index in [-0.39, 0.29) is 6.61 Å². The van der Waals surface area contributed by atoms with E-state index in [9.17, 15) is 4.79 Å². The minimum atomic E-state index is 0.269. The number of nitrogens with one attached hydrogen (secondary N) is 2. The summed E-state index contributed by atoms with van der Waals surface area (Å²) in [7, 11) is 0. The lowest BCUT2D eigenvalue weighted by molar-refractivity contribution is -0.129. The first kappa shape index (κ1) is 20.4. The van der Waals surface area contributed by atoms with Crippen molar-refractivity contribution < 1.29 is 14.6 Å². The third kappa shape index (κ3) is 8.82. The van der Waals surface area contributed by atoms with Crippen molar-refractivity contribution in [1.82, 2.24) is 10.6 Å². The van der Waals surface area contributed by atoms with Crippen LogP contribution in [0.25, 0.3) is 0 Å². The number of aliphatic hydroxyl groups excluding tert-OH is 1. The Morgan fingerprint density at radius 1 is 1.42 bits per heavy atom. The molecule has 1 fully saturated rings. The van der Waals surface area contributed by atoms with Gasteiger partial charge in [-0.2, -0.15) is 0 Å². The molecule has 1 unspecified atom stereocenters. The summed E-state index contributed by atoms with van der Waals surface area (Å²) in [5.41, 5.74) is 1.01. The summed E-state index contributed by atoms with van der Waals surface area (Å²) in [6.07, 6.45) is 5.24. The smallest absolute Gasteiger partial charge is 0.293 e. The number of hydrogen-bond donors (Lipinski definition) is 3. The van der Waals surface area contributed by atoms with Gasteiger partial charge < -0.3 is 20.5 Å². The second-order valence-electron chi connectivity index (χ2n) is 5.81. The number of rotatable bonds is 9. The molecule has 0 aliphatic carbocycles. The Morgan fingerprint density at radius 3 is 2.79 bits per heavy atom. The Kier molecular flexibility index (Phi) is 11.6. The zero-order chi connectivity index (χ0) is 17.5. The van der Waals surface area contributed by atoms with Crippen LogP contribution < -0.4 is 10.6 Å². The normalized spacial score (nSPS) is 18.0. The van der Waals surface area contributed by atoms with E-state index < -0.39 is 0 Å². The predicted molar refractivity (Wildman–Crippen MR) is 96.6 cm³/mol. The lowest BCUT2D eigenvalue weighted by atomic mass is 9.90. The Labute approximate surface area is 145 Å². The number of aliphatic hydroxyl groups is 1. The third-order valence-electron chi connectivity index (χ3n) is 4.03. The van der Waals surface area contributed by atoms with E-state index in [1.807, 2.05) is 36.4 Å². The van der Waals surface area contributed by atoms with Gasteiger partial charge in [0.05, 0.1) is 0 Å². The van der Waals surface area contributed by atoms with Crippen LogP contribution >= 0.6 is 0 Å². The van der Waals surface area contributed by atoms with Crippen molar-refractivity contribution in [2.24, 2.45) is 5.92 Å². The SMILES string of the molecule is C=CCNC(CCO)[C@@H]1CCCNC1.O=COCc1ccccc1. The summed E-state index contributed by atoms with van der Waals surface area (Å²) >= 11 is 0. The Balaban J connectivity index is 0.000000254. The molecule has 1 aliphatic rings. The molecule has 1 aliphatic heterocycles. The molecular formula is C19H30N2O3. The van der Waals surface area contributed by atoms with Crippen molar-refractivity contribution in [3.63, 3.8) is 0 Å². The second-order valence-corrected chi connectivity index (χ2v) is 5.81. The van der Waals surface area contributed by atoms with Crippen LogP contribution in [0.5, 0.6) is 0 Å². The lowest BCUT2D eigenvalue weighted by Gasteiger charge is -2.31. The highest BCUT2D eigenvalue weighted by Crippen LogP contribution is 2.16. The Morgan fingerprint density at radius 2 is 2.21 bits per heavy atom. The minimum Gasteiger partial charge on any atom is -0.463 e. The quantitative estimate of drug-likeness (QED) is 0.475. The van der Waals surface area contributed by atoms with Crippen LogP contribution in [-0.2, 0) is 16.1 Å². The van der Waals surface area contributed by atoms with Gasteiger partial charge >= 0.3 is 0 Å². The van der Waals surface area contributed by atoms with E-state index in [4.69, 9.17) is 5.11 Å².